The Morgan fingerprint density at radius 2 is 2.14 bits per heavy atom. The first-order valence-corrected chi connectivity index (χ1v) is 8.63. The molecule has 1 N–H and O–H groups in total. The van der Waals surface area contributed by atoms with E-state index in [1.807, 2.05) is 12.1 Å². The number of anilines is 1. The molecule has 0 aromatic heterocycles. The zero-order valence-corrected chi connectivity index (χ0v) is 13.0. The van der Waals surface area contributed by atoms with E-state index in [0.29, 0.717) is 6.61 Å². The summed E-state index contributed by atoms with van der Waals surface area (Å²) in [6.45, 7) is 2.37. The van der Waals surface area contributed by atoms with Gasteiger partial charge in [0.2, 0.25) is 0 Å². The van der Waals surface area contributed by atoms with Crippen molar-refractivity contribution in [3.8, 4) is 0 Å². The molecule has 4 heteroatoms. The van der Waals surface area contributed by atoms with Crippen molar-refractivity contribution in [2.45, 2.75) is 50.7 Å². The Morgan fingerprint density at radius 1 is 1.23 bits per heavy atom. The summed E-state index contributed by atoms with van der Waals surface area (Å²) in [5.41, 5.74) is 3.20. The maximum atomic E-state index is 13.2. The van der Waals surface area contributed by atoms with Gasteiger partial charge in [0.05, 0.1) is 30.0 Å². The standard InChI is InChI=1S/C18H24N2O2/c21-18(14-7-3-5-13-6-4-10-19-17(13)14)20-11-12-22-16-9-2-1-8-15(16)20/h3,5,7,15-16,19H,1-2,4,6,8-12H2/t15-,16-/m1/s1. The van der Waals surface area contributed by atoms with Gasteiger partial charge in [-0.25, -0.2) is 0 Å². The third kappa shape index (κ3) is 2.39. The third-order valence-corrected chi connectivity index (χ3v) is 5.30. The molecule has 1 saturated carbocycles. The lowest BCUT2D eigenvalue weighted by atomic mass is 9.89. The van der Waals surface area contributed by atoms with Gasteiger partial charge in [0.15, 0.2) is 0 Å². The van der Waals surface area contributed by atoms with E-state index in [2.05, 4.69) is 16.3 Å². The van der Waals surface area contributed by atoms with Crippen LogP contribution < -0.4 is 5.32 Å². The molecular weight excluding hydrogens is 276 g/mol. The van der Waals surface area contributed by atoms with E-state index in [-0.39, 0.29) is 18.1 Å². The number of para-hydroxylation sites is 1. The van der Waals surface area contributed by atoms with Crippen LogP contribution in [-0.2, 0) is 11.2 Å². The van der Waals surface area contributed by atoms with E-state index in [1.54, 1.807) is 0 Å². The first kappa shape index (κ1) is 14.1. The second-order valence-corrected chi connectivity index (χ2v) is 6.63. The Labute approximate surface area is 131 Å². The maximum absolute atomic E-state index is 13.2. The lowest BCUT2D eigenvalue weighted by molar-refractivity contribution is -0.0752. The SMILES string of the molecule is O=C(c1cccc2c1NCCC2)N1CCO[C@@H]2CCCC[C@H]21. The molecule has 118 valence electrons. The number of carbonyl (C=O) groups excluding carboxylic acids is 1. The van der Waals surface area contributed by atoms with E-state index in [0.717, 1.165) is 50.0 Å². The lowest BCUT2D eigenvalue weighted by Crippen LogP contribution is -2.54. The average molecular weight is 300 g/mol. The van der Waals surface area contributed by atoms with Crippen molar-refractivity contribution in [1.82, 2.24) is 4.90 Å². The maximum Gasteiger partial charge on any atom is 0.256 e. The number of benzene rings is 1. The average Bonchev–Trinajstić information content (AvgIpc) is 2.60. The molecule has 0 radical (unpaired) electrons. The number of nitrogens with one attached hydrogen (secondary N) is 1. The number of rotatable bonds is 1. The highest BCUT2D eigenvalue weighted by molar-refractivity contribution is 6.00. The molecule has 1 aromatic carbocycles. The second kappa shape index (κ2) is 5.92. The van der Waals surface area contributed by atoms with E-state index >= 15 is 0 Å². The minimum absolute atomic E-state index is 0.187. The highest BCUT2D eigenvalue weighted by atomic mass is 16.5. The van der Waals surface area contributed by atoms with Crippen LogP contribution in [0.15, 0.2) is 18.2 Å². The molecule has 4 rings (SSSR count). The summed E-state index contributed by atoms with van der Waals surface area (Å²) in [7, 11) is 0. The molecule has 0 spiro atoms. The highest BCUT2D eigenvalue weighted by Crippen LogP contribution is 2.32. The fourth-order valence-electron chi connectivity index (χ4n) is 4.19. The topological polar surface area (TPSA) is 41.6 Å². The Bertz CT molecular complexity index is 570. The Hall–Kier alpha value is -1.55. The van der Waals surface area contributed by atoms with Crippen molar-refractivity contribution >= 4 is 11.6 Å². The van der Waals surface area contributed by atoms with E-state index in [9.17, 15) is 4.79 Å². The molecule has 2 atom stereocenters. The van der Waals surface area contributed by atoms with Gasteiger partial charge in [-0.1, -0.05) is 25.0 Å². The van der Waals surface area contributed by atoms with Crippen molar-refractivity contribution in [2.75, 3.05) is 25.0 Å². The van der Waals surface area contributed by atoms with Crippen molar-refractivity contribution in [1.29, 1.82) is 0 Å². The van der Waals surface area contributed by atoms with Crippen LogP contribution in [0.5, 0.6) is 0 Å². The van der Waals surface area contributed by atoms with Gasteiger partial charge in [-0.05, 0) is 37.3 Å². The summed E-state index contributed by atoms with van der Waals surface area (Å²) in [4.78, 5) is 15.2. The summed E-state index contributed by atoms with van der Waals surface area (Å²) in [5, 5.41) is 3.44. The molecule has 2 aliphatic heterocycles. The number of carbonyl (C=O) groups is 1. The second-order valence-electron chi connectivity index (χ2n) is 6.63. The number of aryl methyl sites for hydroxylation is 1. The van der Waals surface area contributed by atoms with Crippen LogP contribution in [0.4, 0.5) is 5.69 Å². The number of hydrogen-bond donors (Lipinski definition) is 1. The van der Waals surface area contributed by atoms with Crippen LogP contribution in [0.25, 0.3) is 0 Å². The zero-order chi connectivity index (χ0) is 14.9. The minimum atomic E-state index is 0.187. The number of fused-ring (bicyclic) bond motifs is 2. The smallest absolute Gasteiger partial charge is 0.256 e. The van der Waals surface area contributed by atoms with Crippen LogP contribution in [0.3, 0.4) is 0 Å². The van der Waals surface area contributed by atoms with Gasteiger partial charge in [0.25, 0.3) is 5.91 Å². The molecule has 2 heterocycles. The van der Waals surface area contributed by atoms with Gasteiger partial charge in [-0.15, -0.1) is 0 Å². The van der Waals surface area contributed by atoms with Gasteiger partial charge in [0.1, 0.15) is 0 Å². The third-order valence-electron chi connectivity index (χ3n) is 5.30. The zero-order valence-electron chi connectivity index (χ0n) is 13.0. The molecule has 0 unspecified atom stereocenters. The van der Waals surface area contributed by atoms with E-state index in [1.165, 1.54) is 18.4 Å². The van der Waals surface area contributed by atoms with E-state index < -0.39 is 0 Å². The summed E-state index contributed by atoms with van der Waals surface area (Å²) < 4.78 is 5.90. The van der Waals surface area contributed by atoms with Crippen molar-refractivity contribution in [2.24, 2.45) is 0 Å². The fourth-order valence-corrected chi connectivity index (χ4v) is 4.19. The van der Waals surface area contributed by atoms with Crippen LogP contribution in [0.1, 0.15) is 48.0 Å². The molecule has 1 amide bonds. The van der Waals surface area contributed by atoms with Crippen LogP contribution in [0.2, 0.25) is 0 Å². The number of ether oxygens (including phenoxy) is 1. The molecule has 4 nitrogen and oxygen atoms in total. The first-order chi connectivity index (χ1) is 10.8. The Kier molecular flexibility index (Phi) is 3.78. The molecule has 2 fully saturated rings. The largest absolute Gasteiger partial charge is 0.384 e. The summed E-state index contributed by atoms with van der Waals surface area (Å²) >= 11 is 0. The number of morpholine rings is 1. The Balaban J connectivity index is 1.63. The van der Waals surface area contributed by atoms with Gasteiger partial charge in [-0.3, -0.25) is 4.79 Å². The van der Waals surface area contributed by atoms with E-state index in [4.69, 9.17) is 4.74 Å². The van der Waals surface area contributed by atoms with Crippen molar-refractivity contribution < 1.29 is 9.53 Å². The quantitative estimate of drug-likeness (QED) is 0.867. The minimum Gasteiger partial charge on any atom is -0.384 e. The number of amides is 1. The monoisotopic (exact) mass is 300 g/mol. The van der Waals surface area contributed by atoms with Gasteiger partial charge >= 0.3 is 0 Å². The van der Waals surface area contributed by atoms with Crippen LogP contribution >= 0.6 is 0 Å². The highest BCUT2D eigenvalue weighted by Gasteiger charge is 2.37. The molecule has 3 aliphatic rings. The molecule has 0 bridgehead atoms. The lowest BCUT2D eigenvalue weighted by Gasteiger charge is -2.44. The predicted molar refractivity (Wildman–Crippen MR) is 86.3 cm³/mol. The summed E-state index contributed by atoms with van der Waals surface area (Å²) in [5.74, 6) is 0.187. The fraction of sp³-hybridized carbons (Fsp3) is 0.611. The predicted octanol–water partition coefficient (Wildman–Crippen LogP) is 2.83. The molecule has 22 heavy (non-hydrogen) atoms. The molecule has 1 aromatic rings. The van der Waals surface area contributed by atoms with Crippen molar-refractivity contribution in [3.05, 3.63) is 29.3 Å². The molecular formula is C18H24N2O2. The van der Waals surface area contributed by atoms with Gasteiger partial charge in [-0.2, -0.15) is 0 Å². The summed E-state index contributed by atoms with van der Waals surface area (Å²) in [6.07, 6.45) is 7.08. The normalized spacial score (nSPS) is 27.5. The molecule has 1 saturated heterocycles. The number of hydrogen-bond acceptors (Lipinski definition) is 3. The first-order valence-electron chi connectivity index (χ1n) is 8.63. The number of nitrogens with zero attached hydrogens (tertiary/aromatic N) is 1. The van der Waals surface area contributed by atoms with Crippen LogP contribution in [-0.4, -0.2) is 42.6 Å². The van der Waals surface area contributed by atoms with Gasteiger partial charge in [0, 0.05) is 13.1 Å². The van der Waals surface area contributed by atoms with Gasteiger partial charge < -0.3 is 15.0 Å². The molecule has 1 aliphatic carbocycles. The van der Waals surface area contributed by atoms with Crippen molar-refractivity contribution in [3.63, 3.8) is 0 Å². The van der Waals surface area contributed by atoms with Crippen LogP contribution in [0, 0.1) is 0 Å². The Morgan fingerprint density at radius 3 is 3.09 bits per heavy atom. The summed E-state index contributed by atoms with van der Waals surface area (Å²) in [6, 6.07) is 6.42.